The number of ether oxygens (including phenoxy) is 2. The molecule has 0 saturated carbocycles. The molecule has 1 atom stereocenters. The highest BCUT2D eigenvalue weighted by Gasteiger charge is 2.17. The van der Waals surface area contributed by atoms with Crippen molar-refractivity contribution in [2.75, 3.05) is 31.8 Å². The standard InChI is InChI=1S/C14H20N2O3S/c1-18-7-2-6-15-14(17)11-3-4-13(16-9-11)19-12-5-8-20-10-12/h3-4,9,12H,2,5-8,10H2,1H3,(H,15,17). The van der Waals surface area contributed by atoms with Crippen molar-refractivity contribution in [1.29, 1.82) is 0 Å². The maximum atomic E-state index is 11.8. The maximum Gasteiger partial charge on any atom is 0.252 e. The second-order valence-electron chi connectivity index (χ2n) is 4.59. The lowest BCUT2D eigenvalue weighted by Gasteiger charge is -2.11. The molecule has 1 aliphatic rings. The van der Waals surface area contributed by atoms with Gasteiger partial charge >= 0.3 is 0 Å². The summed E-state index contributed by atoms with van der Waals surface area (Å²) in [6, 6.07) is 3.50. The van der Waals surface area contributed by atoms with Crippen LogP contribution in [0.4, 0.5) is 0 Å². The fourth-order valence-electron chi connectivity index (χ4n) is 1.88. The van der Waals surface area contributed by atoms with Gasteiger partial charge in [-0.2, -0.15) is 11.8 Å². The summed E-state index contributed by atoms with van der Waals surface area (Å²) >= 11 is 1.90. The minimum atomic E-state index is -0.114. The van der Waals surface area contributed by atoms with Gasteiger partial charge in [-0.3, -0.25) is 4.79 Å². The van der Waals surface area contributed by atoms with E-state index in [1.165, 1.54) is 0 Å². The molecule has 2 rings (SSSR count). The Balaban J connectivity index is 1.79. The van der Waals surface area contributed by atoms with E-state index < -0.39 is 0 Å². The van der Waals surface area contributed by atoms with Gasteiger partial charge in [0.25, 0.3) is 5.91 Å². The van der Waals surface area contributed by atoms with E-state index in [0.717, 1.165) is 24.3 Å². The predicted octanol–water partition coefficient (Wildman–Crippen LogP) is 1.73. The van der Waals surface area contributed by atoms with Crippen LogP contribution in [0.5, 0.6) is 5.88 Å². The molecular formula is C14H20N2O3S. The average Bonchev–Trinajstić information content (AvgIpc) is 2.97. The summed E-state index contributed by atoms with van der Waals surface area (Å²) in [4.78, 5) is 16.0. The van der Waals surface area contributed by atoms with Crippen LogP contribution in [-0.4, -0.2) is 48.8 Å². The largest absolute Gasteiger partial charge is 0.473 e. The highest BCUT2D eigenvalue weighted by Crippen LogP contribution is 2.21. The van der Waals surface area contributed by atoms with Gasteiger partial charge in [-0.15, -0.1) is 0 Å². The van der Waals surface area contributed by atoms with Crippen molar-refractivity contribution in [2.24, 2.45) is 0 Å². The van der Waals surface area contributed by atoms with E-state index in [2.05, 4.69) is 10.3 Å². The van der Waals surface area contributed by atoms with E-state index in [0.29, 0.717) is 24.6 Å². The molecule has 0 bridgehead atoms. The van der Waals surface area contributed by atoms with Gasteiger partial charge in [-0.25, -0.2) is 4.98 Å². The van der Waals surface area contributed by atoms with Gasteiger partial charge in [0.2, 0.25) is 5.88 Å². The fourth-order valence-corrected chi connectivity index (χ4v) is 2.98. The highest BCUT2D eigenvalue weighted by molar-refractivity contribution is 7.99. The summed E-state index contributed by atoms with van der Waals surface area (Å²) in [6.07, 6.45) is 3.68. The predicted molar refractivity (Wildman–Crippen MR) is 79.4 cm³/mol. The van der Waals surface area contributed by atoms with Crippen LogP contribution in [-0.2, 0) is 4.74 Å². The SMILES string of the molecule is COCCCNC(=O)c1ccc(OC2CCSC2)nc1. The Labute approximate surface area is 123 Å². The number of nitrogens with zero attached hydrogens (tertiary/aromatic N) is 1. The first-order chi connectivity index (χ1) is 9.79. The topological polar surface area (TPSA) is 60.5 Å². The molecule has 1 saturated heterocycles. The van der Waals surface area contributed by atoms with Crippen LogP contribution in [0.25, 0.3) is 0 Å². The lowest BCUT2D eigenvalue weighted by Crippen LogP contribution is -2.25. The Morgan fingerprint density at radius 2 is 2.45 bits per heavy atom. The van der Waals surface area contributed by atoms with Crippen LogP contribution in [0.2, 0.25) is 0 Å². The molecule has 1 N–H and O–H groups in total. The van der Waals surface area contributed by atoms with Gasteiger partial charge in [0.05, 0.1) is 5.56 Å². The summed E-state index contributed by atoms with van der Waals surface area (Å²) in [6.45, 7) is 1.24. The Hall–Kier alpha value is -1.27. The third-order valence-electron chi connectivity index (χ3n) is 2.98. The Morgan fingerprint density at radius 1 is 1.55 bits per heavy atom. The molecular weight excluding hydrogens is 276 g/mol. The molecule has 1 fully saturated rings. The van der Waals surface area contributed by atoms with Crippen molar-refractivity contribution in [2.45, 2.75) is 18.9 Å². The molecule has 0 radical (unpaired) electrons. The molecule has 1 aliphatic heterocycles. The second-order valence-corrected chi connectivity index (χ2v) is 5.74. The number of thioether (sulfide) groups is 1. The van der Waals surface area contributed by atoms with Gasteiger partial charge < -0.3 is 14.8 Å². The molecule has 6 heteroatoms. The zero-order valence-corrected chi connectivity index (χ0v) is 12.4. The zero-order chi connectivity index (χ0) is 14.2. The number of carbonyl (C=O) groups is 1. The molecule has 5 nitrogen and oxygen atoms in total. The molecule has 1 aromatic rings. The van der Waals surface area contributed by atoms with Crippen LogP contribution < -0.4 is 10.1 Å². The summed E-state index contributed by atoms with van der Waals surface area (Å²) in [7, 11) is 1.65. The Morgan fingerprint density at radius 3 is 3.10 bits per heavy atom. The first-order valence-corrected chi connectivity index (χ1v) is 7.92. The molecule has 110 valence electrons. The van der Waals surface area contributed by atoms with Crippen molar-refractivity contribution in [3.63, 3.8) is 0 Å². The number of nitrogens with one attached hydrogen (secondary N) is 1. The number of pyridine rings is 1. The molecule has 1 unspecified atom stereocenters. The first kappa shape index (κ1) is 15.1. The lowest BCUT2D eigenvalue weighted by atomic mass is 10.2. The van der Waals surface area contributed by atoms with E-state index in [1.807, 2.05) is 11.8 Å². The molecule has 1 amide bonds. The number of hydrogen-bond acceptors (Lipinski definition) is 5. The van der Waals surface area contributed by atoms with Crippen molar-refractivity contribution in [1.82, 2.24) is 10.3 Å². The lowest BCUT2D eigenvalue weighted by molar-refractivity contribution is 0.0948. The van der Waals surface area contributed by atoms with Crippen LogP contribution in [0.3, 0.4) is 0 Å². The van der Waals surface area contributed by atoms with Crippen molar-refractivity contribution in [3.05, 3.63) is 23.9 Å². The van der Waals surface area contributed by atoms with Gasteiger partial charge in [0, 0.05) is 38.3 Å². The molecule has 0 aromatic carbocycles. The minimum absolute atomic E-state index is 0.114. The van der Waals surface area contributed by atoms with E-state index in [1.54, 1.807) is 25.4 Å². The summed E-state index contributed by atoms with van der Waals surface area (Å²) in [5, 5.41) is 2.82. The quantitative estimate of drug-likeness (QED) is 0.777. The van der Waals surface area contributed by atoms with Gasteiger partial charge in [-0.05, 0) is 24.7 Å². The number of methoxy groups -OCH3 is 1. The van der Waals surface area contributed by atoms with Crippen LogP contribution >= 0.6 is 11.8 Å². The number of aromatic nitrogens is 1. The minimum Gasteiger partial charge on any atom is -0.473 e. The fraction of sp³-hybridized carbons (Fsp3) is 0.571. The number of amides is 1. The summed E-state index contributed by atoms with van der Waals surface area (Å²) < 4.78 is 10.7. The number of carbonyl (C=O) groups excluding carboxylic acids is 1. The average molecular weight is 296 g/mol. The maximum absolute atomic E-state index is 11.8. The smallest absolute Gasteiger partial charge is 0.252 e. The van der Waals surface area contributed by atoms with Gasteiger partial charge in [0.1, 0.15) is 6.10 Å². The van der Waals surface area contributed by atoms with Crippen molar-refractivity contribution < 1.29 is 14.3 Å². The monoisotopic (exact) mass is 296 g/mol. The van der Waals surface area contributed by atoms with E-state index in [4.69, 9.17) is 9.47 Å². The Bertz CT molecular complexity index is 419. The summed E-state index contributed by atoms with van der Waals surface area (Å²) in [5.41, 5.74) is 0.551. The van der Waals surface area contributed by atoms with Crippen molar-refractivity contribution in [3.8, 4) is 5.88 Å². The first-order valence-electron chi connectivity index (χ1n) is 6.77. The summed E-state index contributed by atoms with van der Waals surface area (Å²) in [5.74, 6) is 2.64. The third-order valence-corrected chi connectivity index (χ3v) is 4.12. The van der Waals surface area contributed by atoms with E-state index in [-0.39, 0.29) is 12.0 Å². The number of hydrogen-bond donors (Lipinski definition) is 1. The molecule has 0 aliphatic carbocycles. The highest BCUT2D eigenvalue weighted by atomic mass is 32.2. The van der Waals surface area contributed by atoms with Crippen LogP contribution in [0, 0.1) is 0 Å². The van der Waals surface area contributed by atoms with Gasteiger partial charge in [0.15, 0.2) is 0 Å². The molecule has 0 spiro atoms. The van der Waals surface area contributed by atoms with Crippen LogP contribution in [0.1, 0.15) is 23.2 Å². The van der Waals surface area contributed by atoms with E-state index in [9.17, 15) is 4.79 Å². The zero-order valence-electron chi connectivity index (χ0n) is 11.6. The van der Waals surface area contributed by atoms with Crippen LogP contribution in [0.15, 0.2) is 18.3 Å². The third kappa shape index (κ3) is 4.68. The molecule has 1 aromatic heterocycles. The number of rotatable bonds is 7. The van der Waals surface area contributed by atoms with Crippen molar-refractivity contribution >= 4 is 17.7 Å². The van der Waals surface area contributed by atoms with Gasteiger partial charge in [-0.1, -0.05) is 0 Å². The van der Waals surface area contributed by atoms with E-state index >= 15 is 0 Å². The molecule has 2 heterocycles. The second kappa shape index (κ2) is 8.11. The Kier molecular flexibility index (Phi) is 6.14. The molecule has 20 heavy (non-hydrogen) atoms. The normalized spacial score (nSPS) is 17.9.